The van der Waals surface area contributed by atoms with Gasteiger partial charge in [-0.2, -0.15) is 0 Å². The first-order chi connectivity index (χ1) is 11.6. The molecule has 0 atom stereocenters. The van der Waals surface area contributed by atoms with E-state index >= 15 is 0 Å². The van der Waals surface area contributed by atoms with E-state index < -0.39 is 0 Å². The molecule has 0 aliphatic carbocycles. The van der Waals surface area contributed by atoms with Crippen molar-refractivity contribution in [1.29, 1.82) is 0 Å². The number of ether oxygens (including phenoxy) is 2. The van der Waals surface area contributed by atoms with Crippen LogP contribution in [0, 0.1) is 12.8 Å². The third-order valence-electron chi connectivity index (χ3n) is 3.95. The van der Waals surface area contributed by atoms with Gasteiger partial charge in [0.1, 0.15) is 11.5 Å². The second-order valence-electron chi connectivity index (χ2n) is 6.77. The number of hydrogen-bond acceptors (Lipinski definition) is 2. The second-order valence-corrected chi connectivity index (χ2v) is 7.15. The highest BCUT2D eigenvalue weighted by Gasteiger charge is 2.09. The summed E-state index contributed by atoms with van der Waals surface area (Å²) >= 11 is 5.71. The zero-order chi connectivity index (χ0) is 17.4. The number of alkyl halides is 1. The van der Waals surface area contributed by atoms with Gasteiger partial charge in [0.15, 0.2) is 0 Å². The first-order valence-electron chi connectivity index (χ1n) is 8.96. The monoisotopic (exact) mass is 348 g/mol. The Hall–Kier alpha value is -1.41. The summed E-state index contributed by atoms with van der Waals surface area (Å²) in [5.74, 6) is 3.15. The minimum absolute atomic E-state index is 0.509. The van der Waals surface area contributed by atoms with E-state index in [-0.39, 0.29) is 0 Å². The summed E-state index contributed by atoms with van der Waals surface area (Å²) in [5, 5.41) is 2.26. The Morgan fingerprint density at radius 1 is 0.875 bits per heavy atom. The molecule has 2 aromatic rings. The Bertz CT molecular complexity index is 637. The van der Waals surface area contributed by atoms with Crippen molar-refractivity contribution in [3.05, 3.63) is 35.9 Å². The Kier molecular flexibility index (Phi) is 7.71. The number of benzene rings is 2. The van der Waals surface area contributed by atoms with Gasteiger partial charge < -0.3 is 9.47 Å². The van der Waals surface area contributed by atoms with E-state index in [1.54, 1.807) is 0 Å². The molecule has 0 fully saturated rings. The summed E-state index contributed by atoms with van der Waals surface area (Å²) in [4.78, 5) is 0. The lowest BCUT2D eigenvalue weighted by Gasteiger charge is -2.15. The SMILES string of the molecule is Cc1ccc2c(OCC(C)C)ccc(OCCCCCCCl)c2c1. The van der Waals surface area contributed by atoms with Crippen LogP contribution < -0.4 is 9.47 Å². The summed E-state index contributed by atoms with van der Waals surface area (Å²) in [7, 11) is 0. The molecule has 0 radical (unpaired) electrons. The van der Waals surface area contributed by atoms with E-state index in [4.69, 9.17) is 21.1 Å². The second kappa shape index (κ2) is 9.78. The zero-order valence-electron chi connectivity index (χ0n) is 15.1. The van der Waals surface area contributed by atoms with E-state index in [9.17, 15) is 0 Å². The molecule has 0 heterocycles. The fraction of sp³-hybridized carbons (Fsp3) is 0.524. The maximum absolute atomic E-state index is 6.05. The highest BCUT2D eigenvalue weighted by molar-refractivity contribution is 6.17. The highest BCUT2D eigenvalue weighted by atomic mass is 35.5. The topological polar surface area (TPSA) is 18.5 Å². The standard InChI is InChI=1S/C21H29ClO2/c1-16(2)15-24-20-10-11-21(23-13-7-5-4-6-12-22)19-14-17(3)8-9-18(19)20/h8-11,14,16H,4-7,12-13,15H2,1-3H3. The molecule has 0 N–H and O–H groups in total. The maximum Gasteiger partial charge on any atom is 0.127 e. The average Bonchev–Trinajstić information content (AvgIpc) is 2.56. The number of hydrogen-bond donors (Lipinski definition) is 0. The van der Waals surface area contributed by atoms with Gasteiger partial charge in [-0.3, -0.25) is 0 Å². The number of aryl methyl sites for hydroxylation is 1. The largest absolute Gasteiger partial charge is 0.493 e. The predicted molar refractivity (Wildman–Crippen MR) is 104 cm³/mol. The molecule has 0 saturated heterocycles. The first-order valence-corrected chi connectivity index (χ1v) is 9.50. The summed E-state index contributed by atoms with van der Waals surface area (Å²) in [5.41, 5.74) is 1.23. The fourth-order valence-corrected chi connectivity index (χ4v) is 2.84. The molecule has 0 aromatic heterocycles. The molecule has 2 aromatic carbocycles. The van der Waals surface area contributed by atoms with Gasteiger partial charge in [0.25, 0.3) is 0 Å². The van der Waals surface area contributed by atoms with Crippen LogP contribution in [0.15, 0.2) is 30.3 Å². The minimum atomic E-state index is 0.509. The summed E-state index contributed by atoms with van der Waals surface area (Å²) < 4.78 is 12.0. The van der Waals surface area contributed by atoms with Gasteiger partial charge in [-0.25, -0.2) is 0 Å². The van der Waals surface area contributed by atoms with Crippen LogP contribution >= 0.6 is 11.6 Å². The van der Waals surface area contributed by atoms with E-state index in [0.29, 0.717) is 5.92 Å². The zero-order valence-corrected chi connectivity index (χ0v) is 15.9. The smallest absolute Gasteiger partial charge is 0.127 e. The summed E-state index contributed by atoms with van der Waals surface area (Å²) in [6.07, 6.45) is 4.50. The molecule has 24 heavy (non-hydrogen) atoms. The van der Waals surface area contributed by atoms with Crippen LogP contribution in [0.5, 0.6) is 11.5 Å². The van der Waals surface area contributed by atoms with Crippen molar-refractivity contribution in [3.8, 4) is 11.5 Å². The average molecular weight is 349 g/mol. The van der Waals surface area contributed by atoms with Gasteiger partial charge in [-0.1, -0.05) is 44.4 Å². The van der Waals surface area contributed by atoms with Crippen molar-refractivity contribution in [2.45, 2.75) is 46.5 Å². The van der Waals surface area contributed by atoms with Crippen LogP contribution in [0.3, 0.4) is 0 Å². The maximum atomic E-state index is 6.05. The Morgan fingerprint density at radius 3 is 2.29 bits per heavy atom. The first kappa shape index (κ1) is 18.9. The summed E-state index contributed by atoms with van der Waals surface area (Å²) in [6, 6.07) is 10.5. The molecule has 0 spiro atoms. The minimum Gasteiger partial charge on any atom is -0.493 e. The summed E-state index contributed by atoms with van der Waals surface area (Å²) in [6.45, 7) is 7.90. The molecule has 2 nitrogen and oxygen atoms in total. The molecular weight excluding hydrogens is 320 g/mol. The van der Waals surface area contributed by atoms with Gasteiger partial charge in [0.2, 0.25) is 0 Å². The Labute approximate surface area is 151 Å². The lowest BCUT2D eigenvalue weighted by atomic mass is 10.1. The quantitative estimate of drug-likeness (QED) is 0.367. The van der Waals surface area contributed by atoms with Crippen molar-refractivity contribution in [3.63, 3.8) is 0 Å². The predicted octanol–water partition coefficient (Wildman–Crippen LogP) is 6.36. The van der Waals surface area contributed by atoms with Crippen molar-refractivity contribution < 1.29 is 9.47 Å². The van der Waals surface area contributed by atoms with E-state index in [0.717, 1.165) is 54.2 Å². The van der Waals surface area contributed by atoms with Crippen LogP contribution in [0.2, 0.25) is 0 Å². The molecular formula is C21H29ClO2. The lowest BCUT2D eigenvalue weighted by Crippen LogP contribution is -2.05. The van der Waals surface area contributed by atoms with Crippen LogP contribution in [0.25, 0.3) is 10.8 Å². The fourth-order valence-electron chi connectivity index (χ4n) is 2.65. The molecule has 0 aliphatic heterocycles. The van der Waals surface area contributed by atoms with Gasteiger partial charge in [-0.15, -0.1) is 11.6 Å². The highest BCUT2D eigenvalue weighted by Crippen LogP contribution is 2.34. The van der Waals surface area contributed by atoms with Crippen LogP contribution in [0.1, 0.15) is 45.1 Å². The van der Waals surface area contributed by atoms with Crippen LogP contribution in [-0.4, -0.2) is 19.1 Å². The number of fused-ring (bicyclic) bond motifs is 1. The van der Waals surface area contributed by atoms with E-state index in [1.165, 1.54) is 18.4 Å². The van der Waals surface area contributed by atoms with Gasteiger partial charge >= 0.3 is 0 Å². The Morgan fingerprint density at radius 2 is 1.58 bits per heavy atom. The normalized spacial score (nSPS) is 11.2. The van der Waals surface area contributed by atoms with E-state index in [1.807, 2.05) is 12.1 Å². The number of unbranched alkanes of at least 4 members (excludes halogenated alkanes) is 3. The van der Waals surface area contributed by atoms with Crippen molar-refractivity contribution in [2.75, 3.05) is 19.1 Å². The molecule has 2 rings (SSSR count). The van der Waals surface area contributed by atoms with Gasteiger partial charge in [0.05, 0.1) is 13.2 Å². The molecule has 0 unspecified atom stereocenters. The van der Waals surface area contributed by atoms with Crippen molar-refractivity contribution in [2.24, 2.45) is 5.92 Å². The molecule has 132 valence electrons. The molecule has 0 bridgehead atoms. The molecule has 0 amide bonds. The van der Waals surface area contributed by atoms with Crippen molar-refractivity contribution >= 4 is 22.4 Å². The molecule has 0 saturated carbocycles. The third kappa shape index (κ3) is 5.59. The number of halogens is 1. The number of rotatable bonds is 10. The van der Waals surface area contributed by atoms with Crippen molar-refractivity contribution in [1.82, 2.24) is 0 Å². The van der Waals surface area contributed by atoms with Crippen LogP contribution in [-0.2, 0) is 0 Å². The molecule has 3 heteroatoms. The third-order valence-corrected chi connectivity index (χ3v) is 4.22. The van der Waals surface area contributed by atoms with Gasteiger partial charge in [0, 0.05) is 16.7 Å². The Balaban J connectivity index is 2.09. The van der Waals surface area contributed by atoms with Crippen LogP contribution in [0.4, 0.5) is 0 Å². The van der Waals surface area contributed by atoms with E-state index in [2.05, 4.69) is 39.0 Å². The lowest BCUT2D eigenvalue weighted by molar-refractivity contribution is 0.273. The molecule has 0 aliphatic rings. The van der Waals surface area contributed by atoms with Gasteiger partial charge in [-0.05, 0) is 43.9 Å².